The van der Waals surface area contributed by atoms with E-state index in [0.717, 1.165) is 4.90 Å². The van der Waals surface area contributed by atoms with E-state index in [9.17, 15) is 9.18 Å². The van der Waals surface area contributed by atoms with Crippen LogP contribution in [0.5, 0.6) is 0 Å². The molecule has 0 amide bonds. The van der Waals surface area contributed by atoms with Crippen LogP contribution in [-0.4, -0.2) is 23.0 Å². The number of benzene rings is 1. The second-order valence-corrected chi connectivity index (χ2v) is 3.52. The van der Waals surface area contributed by atoms with E-state index >= 15 is 0 Å². The molecule has 0 heterocycles. The van der Waals surface area contributed by atoms with Gasteiger partial charge in [-0.3, -0.25) is 0 Å². The third kappa shape index (κ3) is 3.46. The topological polar surface area (TPSA) is 37.3 Å². The molecule has 0 fully saturated rings. The lowest BCUT2D eigenvalue weighted by Gasteiger charge is -2.02. The van der Waals surface area contributed by atoms with Crippen molar-refractivity contribution in [3.8, 4) is 0 Å². The summed E-state index contributed by atoms with van der Waals surface area (Å²) in [6.07, 6.45) is -1.79. The van der Waals surface area contributed by atoms with Crippen molar-refractivity contribution in [2.24, 2.45) is 0 Å². The summed E-state index contributed by atoms with van der Waals surface area (Å²) in [5, 5.41) is 8.27. The highest BCUT2D eigenvalue weighted by molar-refractivity contribution is 7.99. The van der Waals surface area contributed by atoms with Crippen molar-refractivity contribution >= 4 is 17.7 Å². The van der Waals surface area contributed by atoms with Gasteiger partial charge in [0, 0.05) is 10.6 Å². The second kappa shape index (κ2) is 4.87. The van der Waals surface area contributed by atoms with Gasteiger partial charge in [-0.05, 0) is 12.1 Å². The fraction of sp³-hybridized carbons (Fsp3) is 0.222. The number of halogens is 1. The van der Waals surface area contributed by atoms with Crippen LogP contribution in [0.1, 0.15) is 0 Å². The summed E-state index contributed by atoms with van der Waals surface area (Å²) < 4.78 is 12.6. The summed E-state index contributed by atoms with van der Waals surface area (Å²) in [4.78, 5) is 11.0. The minimum Gasteiger partial charge on any atom is -0.479 e. The molecule has 1 aromatic rings. The molecule has 0 saturated heterocycles. The molecule has 13 heavy (non-hydrogen) atoms. The summed E-state index contributed by atoms with van der Waals surface area (Å²) in [5.41, 5.74) is 0. The fourth-order valence-corrected chi connectivity index (χ4v) is 1.59. The van der Waals surface area contributed by atoms with E-state index in [4.69, 9.17) is 5.11 Å². The number of aliphatic carboxylic acids is 1. The quantitative estimate of drug-likeness (QED) is 0.757. The van der Waals surface area contributed by atoms with Crippen molar-refractivity contribution < 1.29 is 14.3 Å². The van der Waals surface area contributed by atoms with Gasteiger partial charge in [-0.25, -0.2) is 9.18 Å². The third-order valence-electron chi connectivity index (χ3n) is 1.41. The molecular formula is C9H9FO2S. The molecule has 2 nitrogen and oxygen atoms in total. The Morgan fingerprint density at radius 1 is 1.46 bits per heavy atom. The number of alkyl halides is 1. The average Bonchev–Trinajstić information content (AvgIpc) is 2.15. The summed E-state index contributed by atoms with van der Waals surface area (Å²) in [6, 6.07) is 9.15. The van der Waals surface area contributed by atoms with Crippen molar-refractivity contribution in [1.29, 1.82) is 0 Å². The zero-order valence-corrected chi connectivity index (χ0v) is 7.63. The van der Waals surface area contributed by atoms with Crippen LogP contribution in [0.15, 0.2) is 35.2 Å². The van der Waals surface area contributed by atoms with Crippen molar-refractivity contribution in [2.75, 3.05) is 5.75 Å². The van der Waals surface area contributed by atoms with Crippen LogP contribution >= 0.6 is 11.8 Å². The molecular weight excluding hydrogens is 191 g/mol. The van der Waals surface area contributed by atoms with Gasteiger partial charge in [0.15, 0.2) is 0 Å². The standard InChI is InChI=1S/C9H9FO2S/c10-8(9(11)12)6-13-7-4-2-1-3-5-7/h1-5,8H,6H2,(H,11,12). The first kappa shape index (κ1) is 10.1. The Labute approximate surface area is 79.8 Å². The molecule has 0 aromatic heterocycles. The minimum atomic E-state index is -1.79. The zero-order chi connectivity index (χ0) is 9.68. The average molecular weight is 200 g/mol. The van der Waals surface area contributed by atoms with Gasteiger partial charge in [-0.1, -0.05) is 18.2 Å². The lowest BCUT2D eigenvalue weighted by molar-refractivity contribution is -0.141. The molecule has 0 saturated carbocycles. The highest BCUT2D eigenvalue weighted by atomic mass is 32.2. The van der Waals surface area contributed by atoms with Gasteiger partial charge in [0.2, 0.25) is 6.17 Å². The van der Waals surface area contributed by atoms with Crippen LogP contribution in [0.2, 0.25) is 0 Å². The molecule has 70 valence electrons. The predicted molar refractivity (Wildman–Crippen MR) is 49.7 cm³/mol. The molecule has 1 rings (SSSR count). The summed E-state index contributed by atoms with van der Waals surface area (Å²) >= 11 is 1.20. The maximum atomic E-state index is 12.6. The molecule has 1 aromatic carbocycles. The first-order chi connectivity index (χ1) is 6.20. The highest BCUT2D eigenvalue weighted by Crippen LogP contribution is 2.18. The van der Waals surface area contributed by atoms with E-state index in [1.807, 2.05) is 30.3 Å². The van der Waals surface area contributed by atoms with Crippen LogP contribution in [-0.2, 0) is 4.79 Å². The normalized spacial score (nSPS) is 12.4. The number of rotatable bonds is 4. The Morgan fingerprint density at radius 2 is 2.08 bits per heavy atom. The van der Waals surface area contributed by atoms with E-state index in [1.54, 1.807) is 0 Å². The number of carboxylic acid groups (broad SMARTS) is 1. The molecule has 0 spiro atoms. The Bertz CT molecular complexity index is 276. The number of carboxylic acids is 1. The van der Waals surface area contributed by atoms with Crippen LogP contribution in [0.3, 0.4) is 0 Å². The summed E-state index contributed by atoms with van der Waals surface area (Å²) in [7, 11) is 0. The first-order valence-electron chi connectivity index (χ1n) is 3.75. The fourth-order valence-electron chi connectivity index (χ4n) is 0.757. The van der Waals surface area contributed by atoms with Gasteiger partial charge in [-0.15, -0.1) is 11.8 Å². The molecule has 1 unspecified atom stereocenters. The van der Waals surface area contributed by atoms with Crippen LogP contribution < -0.4 is 0 Å². The smallest absolute Gasteiger partial charge is 0.339 e. The van der Waals surface area contributed by atoms with Crippen molar-refractivity contribution in [2.45, 2.75) is 11.1 Å². The Morgan fingerprint density at radius 3 is 2.62 bits per heavy atom. The number of hydrogen-bond donors (Lipinski definition) is 1. The van der Waals surface area contributed by atoms with Gasteiger partial charge in [0.25, 0.3) is 0 Å². The molecule has 0 aliphatic heterocycles. The molecule has 0 radical (unpaired) electrons. The minimum absolute atomic E-state index is 0.0423. The molecule has 0 aliphatic carbocycles. The predicted octanol–water partition coefficient (Wildman–Crippen LogP) is 2.20. The van der Waals surface area contributed by atoms with Crippen molar-refractivity contribution in [3.63, 3.8) is 0 Å². The number of hydrogen-bond acceptors (Lipinski definition) is 2. The molecule has 1 N–H and O–H groups in total. The molecule has 4 heteroatoms. The largest absolute Gasteiger partial charge is 0.479 e. The third-order valence-corrected chi connectivity index (χ3v) is 2.47. The Balaban J connectivity index is 2.39. The van der Waals surface area contributed by atoms with Crippen LogP contribution in [0, 0.1) is 0 Å². The van der Waals surface area contributed by atoms with E-state index in [0.29, 0.717) is 0 Å². The molecule has 0 bridgehead atoms. The van der Waals surface area contributed by atoms with Gasteiger partial charge < -0.3 is 5.11 Å². The summed E-state index contributed by atoms with van der Waals surface area (Å²) in [6.45, 7) is 0. The van der Waals surface area contributed by atoms with Gasteiger partial charge >= 0.3 is 5.97 Å². The SMILES string of the molecule is O=C(O)C(F)CSc1ccccc1. The second-order valence-electron chi connectivity index (χ2n) is 2.43. The van der Waals surface area contributed by atoms with E-state index < -0.39 is 12.1 Å². The van der Waals surface area contributed by atoms with Crippen LogP contribution in [0.25, 0.3) is 0 Å². The van der Waals surface area contributed by atoms with Gasteiger partial charge in [0.1, 0.15) is 0 Å². The van der Waals surface area contributed by atoms with Crippen molar-refractivity contribution in [3.05, 3.63) is 30.3 Å². The summed E-state index contributed by atoms with van der Waals surface area (Å²) in [5.74, 6) is -1.44. The highest BCUT2D eigenvalue weighted by Gasteiger charge is 2.15. The first-order valence-corrected chi connectivity index (χ1v) is 4.73. The molecule has 0 aliphatic rings. The maximum Gasteiger partial charge on any atom is 0.339 e. The number of carbonyl (C=O) groups is 1. The van der Waals surface area contributed by atoms with Crippen molar-refractivity contribution in [1.82, 2.24) is 0 Å². The van der Waals surface area contributed by atoms with E-state index in [-0.39, 0.29) is 5.75 Å². The zero-order valence-electron chi connectivity index (χ0n) is 6.81. The number of thioether (sulfide) groups is 1. The lowest BCUT2D eigenvalue weighted by Crippen LogP contribution is -2.16. The molecule has 1 atom stereocenters. The Kier molecular flexibility index (Phi) is 3.76. The van der Waals surface area contributed by atoms with Gasteiger partial charge in [-0.2, -0.15) is 0 Å². The van der Waals surface area contributed by atoms with E-state index in [1.165, 1.54) is 11.8 Å². The van der Waals surface area contributed by atoms with Gasteiger partial charge in [0.05, 0.1) is 0 Å². The lowest BCUT2D eigenvalue weighted by atomic mass is 10.4. The Hall–Kier alpha value is -1.03. The van der Waals surface area contributed by atoms with Crippen LogP contribution in [0.4, 0.5) is 4.39 Å². The maximum absolute atomic E-state index is 12.6. The van der Waals surface area contributed by atoms with E-state index in [2.05, 4.69) is 0 Å². The monoisotopic (exact) mass is 200 g/mol.